The molecule has 1 saturated carbocycles. The minimum Gasteiger partial charge on any atom is -0.394 e. The zero-order chi connectivity index (χ0) is 14.6. The highest BCUT2D eigenvalue weighted by Gasteiger charge is 2.41. The zero-order valence-corrected chi connectivity index (χ0v) is 11.5. The molecule has 0 aliphatic heterocycles. The summed E-state index contributed by atoms with van der Waals surface area (Å²) in [4.78, 5) is 11.9. The highest BCUT2D eigenvalue weighted by molar-refractivity contribution is 5.81. The number of nitrogens with zero attached hydrogens (tertiary/aromatic N) is 1. The van der Waals surface area contributed by atoms with Crippen LogP contribution < -0.4 is 10.6 Å². The number of aliphatic hydroxyl groups is 1. The Balaban J connectivity index is 1.84. The van der Waals surface area contributed by atoms with Gasteiger partial charge in [-0.25, -0.2) is 0 Å². The first-order valence-corrected chi connectivity index (χ1v) is 6.73. The van der Waals surface area contributed by atoms with Gasteiger partial charge >= 0.3 is 0 Å². The summed E-state index contributed by atoms with van der Waals surface area (Å²) in [6, 6.07) is 8.96. The first kappa shape index (κ1) is 14.4. The average Bonchev–Trinajstić information content (AvgIpc) is 3.30. The lowest BCUT2D eigenvalue weighted by Crippen LogP contribution is -2.52. The van der Waals surface area contributed by atoms with Gasteiger partial charge < -0.3 is 15.7 Å². The molecule has 1 unspecified atom stereocenters. The summed E-state index contributed by atoms with van der Waals surface area (Å²) in [7, 11) is 0. The summed E-state index contributed by atoms with van der Waals surface area (Å²) < 4.78 is 0. The molecule has 1 aliphatic carbocycles. The quantitative estimate of drug-likeness (QED) is 0.728. The molecule has 1 amide bonds. The number of amides is 1. The molecule has 0 bridgehead atoms. The van der Waals surface area contributed by atoms with Gasteiger partial charge in [-0.15, -0.1) is 0 Å². The number of nitriles is 1. The first-order chi connectivity index (χ1) is 9.57. The second kappa shape index (κ2) is 5.93. The Labute approximate surface area is 118 Å². The standard InChI is InChI=1S/C15H19N3O2/c1-15(10-19,12-4-5-12)18-14(20)9-17-13-6-2-11(8-16)3-7-13/h2-3,6-7,12,17,19H,4-5,9-10H2,1H3,(H,18,20). The number of carbonyl (C=O) groups is 1. The summed E-state index contributed by atoms with van der Waals surface area (Å²) in [5.41, 5.74) is 0.863. The number of anilines is 1. The molecule has 5 nitrogen and oxygen atoms in total. The molecule has 1 atom stereocenters. The Morgan fingerprint density at radius 3 is 2.60 bits per heavy atom. The maximum Gasteiger partial charge on any atom is 0.239 e. The van der Waals surface area contributed by atoms with Crippen LogP contribution in [-0.4, -0.2) is 29.7 Å². The van der Waals surface area contributed by atoms with E-state index in [-0.39, 0.29) is 19.1 Å². The number of rotatable bonds is 6. The van der Waals surface area contributed by atoms with Crippen LogP contribution in [0.4, 0.5) is 5.69 Å². The van der Waals surface area contributed by atoms with Gasteiger partial charge in [0, 0.05) is 5.69 Å². The van der Waals surface area contributed by atoms with Crippen molar-refractivity contribution in [3.63, 3.8) is 0 Å². The van der Waals surface area contributed by atoms with Crippen LogP contribution in [-0.2, 0) is 4.79 Å². The van der Waals surface area contributed by atoms with E-state index in [1.807, 2.05) is 13.0 Å². The maximum atomic E-state index is 11.9. The van der Waals surface area contributed by atoms with E-state index >= 15 is 0 Å². The third kappa shape index (κ3) is 3.49. The second-order valence-corrected chi connectivity index (χ2v) is 5.44. The molecule has 1 aromatic carbocycles. The molecule has 0 spiro atoms. The number of hydrogen-bond acceptors (Lipinski definition) is 4. The molecule has 0 aromatic heterocycles. The largest absolute Gasteiger partial charge is 0.394 e. The van der Waals surface area contributed by atoms with Gasteiger partial charge in [0.05, 0.1) is 30.3 Å². The second-order valence-electron chi connectivity index (χ2n) is 5.44. The molecular formula is C15H19N3O2. The third-order valence-corrected chi connectivity index (χ3v) is 3.70. The first-order valence-electron chi connectivity index (χ1n) is 6.73. The van der Waals surface area contributed by atoms with Crippen molar-refractivity contribution in [2.45, 2.75) is 25.3 Å². The van der Waals surface area contributed by atoms with E-state index in [0.717, 1.165) is 18.5 Å². The van der Waals surface area contributed by atoms with Crippen molar-refractivity contribution in [1.82, 2.24) is 5.32 Å². The lowest BCUT2D eigenvalue weighted by Gasteiger charge is -2.28. The van der Waals surface area contributed by atoms with Crippen LogP contribution in [0.15, 0.2) is 24.3 Å². The molecule has 3 N–H and O–H groups in total. The highest BCUT2D eigenvalue weighted by Crippen LogP contribution is 2.39. The fourth-order valence-electron chi connectivity index (χ4n) is 2.20. The smallest absolute Gasteiger partial charge is 0.239 e. The van der Waals surface area contributed by atoms with Crippen LogP contribution in [0, 0.1) is 17.2 Å². The maximum absolute atomic E-state index is 11.9. The summed E-state index contributed by atoms with van der Waals surface area (Å²) >= 11 is 0. The normalized spacial score (nSPS) is 16.9. The van der Waals surface area contributed by atoms with Gasteiger partial charge in [-0.05, 0) is 49.9 Å². The van der Waals surface area contributed by atoms with E-state index in [2.05, 4.69) is 10.6 Å². The van der Waals surface area contributed by atoms with Crippen LogP contribution in [0.1, 0.15) is 25.3 Å². The average molecular weight is 273 g/mol. The number of nitrogens with one attached hydrogen (secondary N) is 2. The van der Waals surface area contributed by atoms with E-state index < -0.39 is 5.54 Å². The highest BCUT2D eigenvalue weighted by atomic mass is 16.3. The Morgan fingerprint density at radius 1 is 1.45 bits per heavy atom. The number of benzene rings is 1. The van der Waals surface area contributed by atoms with Crippen LogP contribution in [0.2, 0.25) is 0 Å². The fraction of sp³-hybridized carbons (Fsp3) is 0.467. The minimum atomic E-state index is -0.510. The van der Waals surface area contributed by atoms with E-state index in [1.165, 1.54) is 0 Å². The van der Waals surface area contributed by atoms with Gasteiger partial charge in [0.15, 0.2) is 0 Å². The van der Waals surface area contributed by atoms with Crippen LogP contribution in [0.25, 0.3) is 0 Å². The van der Waals surface area contributed by atoms with Crippen molar-refractivity contribution in [2.24, 2.45) is 5.92 Å². The lowest BCUT2D eigenvalue weighted by atomic mass is 9.97. The molecule has 0 heterocycles. The molecule has 106 valence electrons. The molecule has 0 radical (unpaired) electrons. The number of aliphatic hydroxyl groups excluding tert-OH is 1. The molecule has 1 fully saturated rings. The topological polar surface area (TPSA) is 85.2 Å². The Bertz CT molecular complexity index is 517. The summed E-state index contributed by atoms with van der Waals surface area (Å²) in [5, 5.41) is 24.0. The summed E-state index contributed by atoms with van der Waals surface area (Å²) in [6.45, 7) is 1.98. The van der Waals surface area contributed by atoms with Crippen molar-refractivity contribution in [3.8, 4) is 6.07 Å². The van der Waals surface area contributed by atoms with Crippen molar-refractivity contribution < 1.29 is 9.90 Å². The summed E-state index contributed by atoms with van der Waals surface area (Å²) in [6.07, 6.45) is 2.11. The van der Waals surface area contributed by atoms with Gasteiger partial charge in [-0.2, -0.15) is 5.26 Å². The van der Waals surface area contributed by atoms with Crippen molar-refractivity contribution in [2.75, 3.05) is 18.5 Å². The van der Waals surface area contributed by atoms with Crippen LogP contribution in [0.5, 0.6) is 0 Å². The van der Waals surface area contributed by atoms with Gasteiger partial charge in [0.2, 0.25) is 5.91 Å². The molecule has 1 aromatic rings. The van der Waals surface area contributed by atoms with Crippen molar-refractivity contribution >= 4 is 11.6 Å². The fourth-order valence-corrected chi connectivity index (χ4v) is 2.20. The third-order valence-electron chi connectivity index (χ3n) is 3.70. The zero-order valence-electron chi connectivity index (χ0n) is 11.5. The SMILES string of the molecule is CC(CO)(NC(=O)CNc1ccc(C#N)cc1)C1CC1. The van der Waals surface area contributed by atoms with Crippen molar-refractivity contribution in [3.05, 3.63) is 29.8 Å². The molecule has 2 rings (SSSR count). The molecule has 5 heteroatoms. The Kier molecular flexibility index (Phi) is 4.26. The Morgan fingerprint density at radius 2 is 2.10 bits per heavy atom. The van der Waals surface area contributed by atoms with Gasteiger partial charge in [-0.1, -0.05) is 0 Å². The van der Waals surface area contributed by atoms with Crippen LogP contribution in [0.3, 0.4) is 0 Å². The predicted octanol–water partition coefficient (Wildman–Crippen LogP) is 1.25. The van der Waals surface area contributed by atoms with Gasteiger partial charge in [0.25, 0.3) is 0 Å². The van der Waals surface area contributed by atoms with Crippen molar-refractivity contribution in [1.29, 1.82) is 5.26 Å². The molecule has 0 saturated heterocycles. The van der Waals surface area contributed by atoms with E-state index in [1.54, 1.807) is 24.3 Å². The lowest BCUT2D eigenvalue weighted by molar-refractivity contribution is -0.122. The molecule has 20 heavy (non-hydrogen) atoms. The van der Waals surface area contributed by atoms with E-state index in [4.69, 9.17) is 5.26 Å². The van der Waals surface area contributed by atoms with Gasteiger partial charge in [0.1, 0.15) is 0 Å². The summed E-state index contributed by atoms with van der Waals surface area (Å²) in [5.74, 6) is 0.240. The van der Waals surface area contributed by atoms with E-state index in [0.29, 0.717) is 11.5 Å². The Hall–Kier alpha value is -2.06. The number of carbonyl (C=O) groups excluding carboxylic acids is 1. The van der Waals surface area contributed by atoms with E-state index in [9.17, 15) is 9.90 Å². The van der Waals surface area contributed by atoms with Crippen LogP contribution >= 0.6 is 0 Å². The number of hydrogen-bond donors (Lipinski definition) is 3. The molecule has 1 aliphatic rings. The molecular weight excluding hydrogens is 254 g/mol. The predicted molar refractivity (Wildman–Crippen MR) is 76.0 cm³/mol. The minimum absolute atomic E-state index is 0.0414. The monoisotopic (exact) mass is 273 g/mol. The van der Waals surface area contributed by atoms with Gasteiger partial charge in [-0.3, -0.25) is 4.79 Å².